The average Bonchev–Trinajstić information content (AvgIpc) is 2.46. The summed E-state index contributed by atoms with van der Waals surface area (Å²) < 4.78 is 5.83. The molecule has 2 aliphatic rings. The Labute approximate surface area is 112 Å². The van der Waals surface area contributed by atoms with Crippen LogP contribution in [0.1, 0.15) is 52.4 Å². The summed E-state index contributed by atoms with van der Waals surface area (Å²) in [7, 11) is 0. The summed E-state index contributed by atoms with van der Waals surface area (Å²) in [6.07, 6.45) is 8.13. The first-order valence-corrected chi connectivity index (χ1v) is 7.87. The zero-order valence-corrected chi connectivity index (χ0v) is 12.2. The molecule has 18 heavy (non-hydrogen) atoms. The first kappa shape index (κ1) is 14.3. The van der Waals surface area contributed by atoms with Gasteiger partial charge in [0.15, 0.2) is 0 Å². The predicted molar refractivity (Wildman–Crippen MR) is 76.0 cm³/mol. The van der Waals surface area contributed by atoms with Crippen LogP contribution < -0.4 is 5.32 Å². The molecular weight excluding hydrogens is 224 g/mol. The van der Waals surface area contributed by atoms with Crippen molar-refractivity contribution in [2.45, 2.75) is 64.0 Å². The highest BCUT2D eigenvalue weighted by atomic mass is 16.5. The largest absolute Gasteiger partial charge is 0.378 e. The predicted octanol–water partition coefficient (Wildman–Crippen LogP) is 2.41. The Morgan fingerprint density at radius 2 is 2.11 bits per heavy atom. The van der Waals surface area contributed by atoms with E-state index in [2.05, 4.69) is 24.1 Å². The van der Waals surface area contributed by atoms with Crippen molar-refractivity contribution in [3.8, 4) is 0 Å². The fourth-order valence-electron chi connectivity index (χ4n) is 3.32. The Morgan fingerprint density at radius 3 is 2.78 bits per heavy atom. The zero-order chi connectivity index (χ0) is 12.8. The van der Waals surface area contributed by atoms with Gasteiger partial charge in [-0.05, 0) is 38.5 Å². The van der Waals surface area contributed by atoms with Crippen molar-refractivity contribution in [2.24, 2.45) is 0 Å². The second-order valence-electron chi connectivity index (χ2n) is 5.97. The van der Waals surface area contributed by atoms with E-state index in [0.717, 1.165) is 13.2 Å². The highest BCUT2D eigenvalue weighted by Gasteiger charge is 2.31. The smallest absolute Gasteiger partial charge is 0.0587 e. The van der Waals surface area contributed by atoms with Gasteiger partial charge in [0.05, 0.1) is 6.10 Å². The number of nitrogens with one attached hydrogen (secondary N) is 1. The van der Waals surface area contributed by atoms with Crippen LogP contribution in [0, 0.1) is 0 Å². The third-order valence-electron chi connectivity index (χ3n) is 4.85. The van der Waals surface area contributed by atoms with E-state index in [0.29, 0.717) is 11.6 Å². The normalized spacial score (nSPS) is 29.3. The molecule has 0 aromatic heterocycles. The van der Waals surface area contributed by atoms with Gasteiger partial charge in [-0.25, -0.2) is 0 Å². The molecule has 0 radical (unpaired) electrons. The Balaban J connectivity index is 1.75. The van der Waals surface area contributed by atoms with Gasteiger partial charge >= 0.3 is 0 Å². The molecule has 2 fully saturated rings. The molecule has 2 rings (SSSR count). The first-order valence-electron chi connectivity index (χ1n) is 7.87. The number of ether oxygens (including phenoxy) is 1. The average molecular weight is 254 g/mol. The second kappa shape index (κ2) is 6.88. The minimum absolute atomic E-state index is 0.367. The minimum Gasteiger partial charge on any atom is -0.378 e. The molecule has 2 aliphatic heterocycles. The molecule has 0 aromatic rings. The van der Waals surface area contributed by atoms with Crippen LogP contribution >= 0.6 is 0 Å². The van der Waals surface area contributed by atoms with E-state index in [4.69, 9.17) is 4.74 Å². The van der Waals surface area contributed by atoms with Gasteiger partial charge in [-0.1, -0.05) is 13.8 Å². The van der Waals surface area contributed by atoms with Crippen LogP contribution in [0.3, 0.4) is 0 Å². The number of hydrogen-bond acceptors (Lipinski definition) is 3. The van der Waals surface area contributed by atoms with Crippen LogP contribution in [0.4, 0.5) is 0 Å². The lowest BCUT2D eigenvalue weighted by Gasteiger charge is -2.43. The van der Waals surface area contributed by atoms with E-state index in [1.54, 1.807) is 0 Å². The fourth-order valence-corrected chi connectivity index (χ4v) is 3.32. The van der Waals surface area contributed by atoms with Crippen LogP contribution in [0.25, 0.3) is 0 Å². The summed E-state index contributed by atoms with van der Waals surface area (Å²) in [6, 6.07) is 0. The van der Waals surface area contributed by atoms with Gasteiger partial charge in [0.25, 0.3) is 0 Å². The first-order chi connectivity index (χ1) is 8.78. The van der Waals surface area contributed by atoms with Crippen molar-refractivity contribution in [3.05, 3.63) is 0 Å². The van der Waals surface area contributed by atoms with Gasteiger partial charge in [-0.2, -0.15) is 0 Å². The maximum absolute atomic E-state index is 5.83. The Morgan fingerprint density at radius 1 is 1.28 bits per heavy atom. The number of rotatable bonds is 5. The standard InChI is InChI=1S/C15H30N2O/c1-3-15(4-2)13-17(11-9-16-15)10-8-14-7-5-6-12-18-14/h14,16H,3-13H2,1-2H3. The SMILES string of the molecule is CCC1(CC)CN(CCC2CCCCO2)CCN1. The summed E-state index contributed by atoms with van der Waals surface area (Å²) in [5.41, 5.74) is 0.367. The van der Waals surface area contributed by atoms with Crippen LogP contribution in [0.15, 0.2) is 0 Å². The van der Waals surface area contributed by atoms with E-state index in [9.17, 15) is 0 Å². The van der Waals surface area contributed by atoms with Gasteiger partial charge in [-0.3, -0.25) is 0 Å². The second-order valence-corrected chi connectivity index (χ2v) is 5.97. The molecule has 2 saturated heterocycles. The van der Waals surface area contributed by atoms with Crippen molar-refractivity contribution < 1.29 is 4.74 Å². The quantitative estimate of drug-likeness (QED) is 0.815. The van der Waals surface area contributed by atoms with Crippen molar-refractivity contribution in [2.75, 3.05) is 32.8 Å². The summed E-state index contributed by atoms with van der Waals surface area (Å²) in [5, 5.41) is 3.73. The summed E-state index contributed by atoms with van der Waals surface area (Å²) in [6.45, 7) is 10.4. The van der Waals surface area contributed by atoms with Gasteiger partial charge < -0.3 is 15.0 Å². The van der Waals surface area contributed by atoms with Crippen LogP contribution in [0.5, 0.6) is 0 Å². The summed E-state index contributed by atoms with van der Waals surface area (Å²) >= 11 is 0. The molecule has 106 valence electrons. The van der Waals surface area contributed by atoms with E-state index >= 15 is 0 Å². The van der Waals surface area contributed by atoms with Crippen LogP contribution in [-0.4, -0.2) is 49.3 Å². The molecule has 0 spiro atoms. The Hall–Kier alpha value is -0.120. The third kappa shape index (κ3) is 3.69. The minimum atomic E-state index is 0.367. The van der Waals surface area contributed by atoms with Crippen molar-refractivity contribution in [3.63, 3.8) is 0 Å². The molecule has 0 aromatic carbocycles. The highest BCUT2D eigenvalue weighted by molar-refractivity contribution is 4.92. The highest BCUT2D eigenvalue weighted by Crippen LogP contribution is 2.21. The molecule has 0 saturated carbocycles. The maximum Gasteiger partial charge on any atom is 0.0587 e. The van der Waals surface area contributed by atoms with E-state index in [1.165, 1.54) is 58.2 Å². The van der Waals surface area contributed by atoms with E-state index in [1.807, 2.05) is 0 Å². The zero-order valence-electron chi connectivity index (χ0n) is 12.2. The number of nitrogens with zero attached hydrogens (tertiary/aromatic N) is 1. The molecule has 1 unspecified atom stereocenters. The van der Waals surface area contributed by atoms with Crippen LogP contribution in [-0.2, 0) is 4.74 Å². The van der Waals surface area contributed by atoms with Crippen molar-refractivity contribution in [1.82, 2.24) is 10.2 Å². The number of piperazine rings is 1. The molecule has 0 bridgehead atoms. The third-order valence-corrected chi connectivity index (χ3v) is 4.85. The van der Waals surface area contributed by atoms with Crippen LogP contribution in [0.2, 0.25) is 0 Å². The summed E-state index contributed by atoms with van der Waals surface area (Å²) in [5.74, 6) is 0. The Bertz CT molecular complexity index is 235. The summed E-state index contributed by atoms with van der Waals surface area (Å²) in [4.78, 5) is 2.64. The van der Waals surface area contributed by atoms with Gasteiger partial charge in [0.1, 0.15) is 0 Å². The molecule has 1 N–H and O–H groups in total. The van der Waals surface area contributed by atoms with Gasteiger partial charge in [-0.15, -0.1) is 0 Å². The molecule has 3 nitrogen and oxygen atoms in total. The van der Waals surface area contributed by atoms with E-state index < -0.39 is 0 Å². The molecule has 0 aliphatic carbocycles. The van der Waals surface area contributed by atoms with Crippen molar-refractivity contribution >= 4 is 0 Å². The lowest BCUT2D eigenvalue weighted by atomic mass is 9.90. The number of hydrogen-bond donors (Lipinski definition) is 1. The lowest BCUT2D eigenvalue weighted by molar-refractivity contribution is 0.00145. The lowest BCUT2D eigenvalue weighted by Crippen LogP contribution is -2.60. The molecule has 0 amide bonds. The molecular formula is C15H30N2O. The van der Waals surface area contributed by atoms with Gasteiger partial charge in [0.2, 0.25) is 0 Å². The molecule has 3 heteroatoms. The van der Waals surface area contributed by atoms with Crippen molar-refractivity contribution in [1.29, 1.82) is 0 Å². The monoisotopic (exact) mass is 254 g/mol. The fraction of sp³-hybridized carbons (Fsp3) is 1.00. The molecule has 2 heterocycles. The Kier molecular flexibility index (Phi) is 5.46. The maximum atomic E-state index is 5.83. The topological polar surface area (TPSA) is 24.5 Å². The molecule has 1 atom stereocenters. The van der Waals surface area contributed by atoms with E-state index in [-0.39, 0.29) is 0 Å². The van der Waals surface area contributed by atoms with Gasteiger partial charge in [0, 0.05) is 38.3 Å².